The number of unbranched alkanes of at least 4 members (excludes halogenated alkanes) is 1. The molecule has 0 fully saturated rings. The van der Waals surface area contributed by atoms with E-state index in [1.54, 1.807) is 0 Å². The minimum atomic E-state index is -0.141. The lowest BCUT2D eigenvalue weighted by atomic mass is 10.2. The van der Waals surface area contributed by atoms with Gasteiger partial charge in [-0.15, -0.1) is 0 Å². The second-order valence-electron chi connectivity index (χ2n) is 4.01. The van der Waals surface area contributed by atoms with Crippen molar-refractivity contribution in [3.05, 3.63) is 11.8 Å². The molecule has 5 N–H and O–H groups in total. The van der Waals surface area contributed by atoms with E-state index in [4.69, 9.17) is 11.5 Å². The molecular formula is C14H24N4O. The first-order valence-corrected chi connectivity index (χ1v) is 6.54. The first kappa shape index (κ1) is 17.2. The van der Waals surface area contributed by atoms with E-state index in [0.717, 1.165) is 30.7 Å². The average Bonchev–Trinajstić information content (AvgIpc) is 2.43. The van der Waals surface area contributed by atoms with Gasteiger partial charge in [0, 0.05) is 31.4 Å². The Morgan fingerprint density at radius 2 is 2.21 bits per heavy atom. The zero-order chi connectivity index (χ0) is 14.5. The predicted molar refractivity (Wildman–Crippen MR) is 79.6 cm³/mol. The molecule has 0 bridgehead atoms. The molecule has 5 heteroatoms. The molecule has 0 aliphatic heterocycles. The molecule has 0 rings (SSSR count). The number of nitrogens with one attached hydrogen (secondary N) is 1. The lowest BCUT2D eigenvalue weighted by Gasteiger charge is -2.00. The fourth-order valence-corrected chi connectivity index (χ4v) is 1.25. The Bertz CT molecular complexity index is 388. The number of amides is 1. The van der Waals surface area contributed by atoms with Gasteiger partial charge in [-0.1, -0.05) is 18.8 Å². The number of carbonyl (C=O) groups excluding carboxylic acids is 1. The van der Waals surface area contributed by atoms with Crippen LogP contribution in [0.2, 0.25) is 0 Å². The third-order valence-corrected chi connectivity index (χ3v) is 2.34. The largest absolute Gasteiger partial charge is 0.404 e. The molecule has 0 spiro atoms. The summed E-state index contributed by atoms with van der Waals surface area (Å²) in [5, 5.41) is 2.69. The fourth-order valence-electron chi connectivity index (χ4n) is 1.25. The molecule has 5 nitrogen and oxygen atoms in total. The van der Waals surface area contributed by atoms with Crippen LogP contribution in [0.1, 0.15) is 33.1 Å². The summed E-state index contributed by atoms with van der Waals surface area (Å²) in [5.41, 5.74) is 12.3. The lowest BCUT2D eigenvalue weighted by Crippen LogP contribution is -2.30. The predicted octanol–water partition coefficient (Wildman–Crippen LogP) is 0.558. The van der Waals surface area contributed by atoms with E-state index < -0.39 is 0 Å². The molecule has 0 atom stereocenters. The van der Waals surface area contributed by atoms with E-state index in [9.17, 15) is 4.79 Å². The second-order valence-corrected chi connectivity index (χ2v) is 4.01. The Balaban J connectivity index is 4.08. The number of aliphatic imine (C=N–C) groups is 1. The van der Waals surface area contributed by atoms with Crippen LogP contribution in [-0.2, 0) is 4.79 Å². The van der Waals surface area contributed by atoms with E-state index in [0.29, 0.717) is 13.0 Å². The van der Waals surface area contributed by atoms with E-state index >= 15 is 0 Å². The smallest absolute Gasteiger partial charge is 0.233 e. The van der Waals surface area contributed by atoms with Gasteiger partial charge in [-0.3, -0.25) is 9.79 Å². The van der Waals surface area contributed by atoms with Crippen LogP contribution in [0.25, 0.3) is 0 Å². The van der Waals surface area contributed by atoms with Crippen molar-refractivity contribution in [3.8, 4) is 11.8 Å². The molecule has 0 aliphatic carbocycles. The Morgan fingerprint density at radius 1 is 1.47 bits per heavy atom. The quantitative estimate of drug-likeness (QED) is 0.356. The van der Waals surface area contributed by atoms with E-state index in [1.807, 2.05) is 6.92 Å². The molecule has 0 saturated carbocycles. The Hall–Kier alpha value is -1.80. The molecule has 1 amide bonds. The van der Waals surface area contributed by atoms with Crippen molar-refractivity contribution in [2.75, 3.05) is 19.6 Å². The molecule has 0 aromatic heterocycles. The normalized spacial score (nSPS) is 11.7. The van der Waals surface area contributed by atoms with Gasteiger partial charge in [-0.25, -0.2) is 0 Å². The summed E-state index contributed by atoms with van der Waals surface area (Å²) in [5.74, 6) is 5.88. The highest BCUT2D eigenvalue weighted by molar-refractivity contribution is 6.02. The maximum absolute atomic E-state index is 10.9. The van der Waals surface area contributed by atoms with Gasteiger partial charge in [-0.05, 0) is 19.8 Å². The number of allylic oxidation sites excluding steroid dienone is 1. The van der Waals surface area contributed by atoms with Gasteiger partial charge >= 0.3 is 0 Å². The second kappa shape index (κ2) is 11.3. The fraction of sp³-hybridized carbons (Fsp3) is 0.571. The molecule has 0 saturated heterocycles. The summed E-state index contributed by atoms with van der Waals surface area (Å²) in [6, 6.07) is 0. The molecule has 0 radical (unpaired) electrons. The van der Waals surface area contributed by atoms with Crippen molar-refractivity contribution in [2.24, 2.45) is 16.5 Å². The summed E-state index contributed by atoms with van der Waals surface area (Å²) < 4.78 is 0. The molecule has 19 heavy (non-hydrogen) atoms. The zero-order valence-electron chi connectivity index (χ0n) is 11.8. The van der Waals surface area contributed by atoms with Crippen molar-refractivity contribution >= 4 is 11.6 Å². The summed E-state index contributed by atoms with van der Waals surface area (Å²) >= 11 is 0. The molecule has 0 aromatic carbocycles. The van der Waals surface area contributed by atoms with E-state index in [-0.39, 0.29) is 12.5 Å². The summed E-state index contributed by atoms with van der Waals surface area (Å²) in [6.45, 7) is 5.39. The summed E-state index contributed by atoms with van der Waals surface area (Å²) in [7, 11) is 0. The third-order valence-electron chi connectivity index (χ3n) is 2.34. The molecule has 0 unspecified atom stereocenters. The van der Waals surface area contributed by atoms with Crippen molar-refractivity contribution in [2.45, 2.75) is 33.1 Å². The van der Waals surface area contributed by atoms with Gasteiger partial charge < -0.3 is 16.8 Å². The van der Waals surface area contributed by atoms with Crippen molar-refractivity contribution in [1.29, 1.82) is 0 Å². The number of hydrogen-bond acceptors (Lipinski definition) is 4. The summed E-state index contributed by atoms with van der Waals surface area (Å²) in [6.07, 6.45) is 3.98. The molecule has 106 valence electrons. The molecule has 0 aliphatic rings. The average molecular weight is 264 g/mol. The first-order chi connectivity index (χ1) is 9.15. The summed E-state index contributed by atoms with van der Waals surface area (Å²) in [4.78, 5) is 15.2. The number of nitrogens with two attached hydrogens (primary N) is 2. The standard InChI is InChI=1S/C14H24N4O/c1-3-8-17-12(2)13(10-15)7-5-4-6-9-18-14(19)11-16/h10H,3-4,6,8-9,11,15-16H2,1-2H3,(H,18,19)/b13-10-,17-12?. The van der Waals surface area contributed by atoms with Crippen LogP contribution in [0.15, 0.2) is 16.8 Å². The Kier molecular flexibility index (Phi) is 10.2. The Labute approximate surface area is 115 Å². The van der Waals surface area contributed by atoms with Crippen LogP contribution in [0.4, 0.5) is 0 Å². The van der Waals surface area contributed by atoms with Crippen LogP contribution in [0.3, 0.4) is 0 Å². The first-order valence-electron chi connectivity index (χ1n) is 6.54. The monoisotopic (exact) mass is 264 g/mol. The number of rotatable bonds is 7. The minimum absolute atomic E-state index is 0.0266. The van der Waals surface area contributed by atoms with Gasteiger partial charge in [0.15, 0.2) is 0 Å². The zero-order valence-corrected chi connectivity index (χ0v) is 11.8. The highest BCUT2D eigenvalue weighted by Crippen LogP contribution is 1.96. The number of nitrogens with zero attached hydrogens (tertiary/aromatic N) is 1. The lowest BCUT2D eigenvalue weighted by molar-refractivity contribution is -0.119. The maximum Gasteiger partial charge on any atom is 0.233 e. The minimum Gasteiger partial charge on any atom is -0.404 e. The number of carbonyl (C=O) groups is 1. The van der Waals surface area contributed by atoms with Crippen molar-refractivity contribution in [3.63, 3.8) is 0 Å². The van der Waals surface area contributed by atoms with Gasteiger partial charge in [-0.2, -0.15) is 0 Å². The van der Waals surface area contributed by atoms with Crippen LogP contribution in [-0.4, -0.2) is 31.3 Å². The maximum atomic E-state index is 10.9. The SMILES string of the molecule is CCCN=C(C)/C(C#CCCCNC(=O)CN)=C\N. The van der Waals surface area contributed by atoms with E-state index in [1.165, 1.54) is 6.20 Å². The van der Waals surface area contributed by atoms with Crippen molar-refractivity contribution < 1.29 is 4.79 Å². The van der Waals surface area contributed by atoms with Crippen LogP contribution < -0.4 is 16.8 Å². The van der Waals surface area contributed by atoms with Gasteiger partial charge in [0.25, 0.3) is 0 Å². The van der Waals surface area contributed by atoms with Gasteiger partial charge in [0.05, 0.1) is 12.1 Å². The van der Waals surface area contributed by atoms with Crippen LogP contribution >= 0.6 is 0 Å². The van der Waals surface area contributed by atoms with Crippen molar-refractivity contribution in [1.82, 2.24) is 5.32 Å². The van der Waals surface area contributed by atoms with Gasteiger partial charge in [0.1, 0.15) is 0 Å². The highest BCUT2D eigenvalue weighted by Gasteiger charge is 1.96. The molecule has 0 heterocycles. The third kappa shape index (κ3) is 8.86. The highest BCUT2D eigenvalue weighted by atomic mass is 16.1. The van der Waals surface area contributed by atoms with Crippen LogP contribution in [0, 0.1) is 11.8 Å². The topological polar surface area (TPSA) is 93.5 Å². The van der Waals surface area contributed by atoms with Gasteiger partial charge in [0.2, 0.25) is 5.91 Å². The van der Waals surface area contributed by atoms with Crippen LogP contribution in [0.5, 0.6) is 0 Å². The Morgan fingerprint density at radius 3 is 2.79 bits per heavy atom. The molecule has 0 aromatic rings. The number of hydrogen-bond donors (Lipinski definition) is 3. The molecular weight excluding hydrogens is 240 g/mol. The van der Waals surface area contributed by atoms with E-state index in [2.05, 4.69) is 29.1 Å².